The van der Waals surface area contributed by atoms with Crippen LogP contribution in [0.25, 0.3) is 11.0 Å². The Kier molecular flexibility index (Phi) is 7.04. The number of amides is 2. The van der Waals surface area contributed by atoms with E-state index in [4.69, 9.17) is 9.15 Å². The highest BCUT2D eigenvalue weighted by Crippen LogP contribution is 2.40. The molecular weight excluding hydrogens is 452 g/mol. The molecule has 0 radical (unpaired) electrons. The minimum absolute atomic E-state index is 0.0311. The molecule has 1 aromatic heterocycles. The van der Waals surface area contributed by atoms with Crippen LogP contribution in [0.15, 0.2) is 52.9 Å². The molecule has 0 unspecified atom stereocenters. The van der Waals surface area contributed by atoms with Crippen LogP contribution in [-0.4, -0.2) is 54.4 Å². The molecule has 2 amide bonds. The standard InChI is InChI=1S/C30H36N2O4/c1-3-31-18-19-35-26-10-5-4-8-23(26)9-6-7-13-30(29(31)34)14-16-32(17-15-30)28(33)24-11-12-27-25(21-24)20-22(2)36-27/h4-5,8,10-12,20-21H,3,6-7,9,13-19H2,1-2H3. The topological polar surface area (TPSA) is 63.0 Å². The quantitative estimate of drug-likeness (QED) is 0.470. The Morgan fingerprint density at radius 2 is 1.81 bits per heavy atom. The normalized spacial score (nSPS) is 18.9. The lowest BCUT2D eigenvalue weighted by Gasteiger charge is -2.43. The molecule has 0 N–H and O–H groups in total. The summed E-state index contributed by atoms with van der Waals surface area (Å²) in [7, 11) is 0. The number of para-hydroxylation sites is 1. The van der Waals surface area contributed by atoms with Crippen LogP contribution in [0.2, 0.25) is 0 Å². The first kappa shape index (κ1) is 24.4. The first-order valence-electron chi connectivity index (χ1n) is 13.3. The third-order valence-corrected chi connectivity index (χ3v) is 7.96. The molecule has 2 aliphatic heterocycles. The van der Waals surface area contributed by atoms with Gasteiger partial charge in [0.05, 0.1) is 12.0 Å². The summed E-state index contributed by atoms with van der Waals surface area (Å²) >= 11 is 0. The lowest BCUT2D eigenvalue weighted by molar-refractivity contribution is -0.145. The molecular formula is C30H36N2O4. The van der Waals surface area contributed by atoms with Gasteiger partial charge in [-0.2, -0.15) is 0 Å². The van der Waals surface area contributed by atoms with Gasteiger partial charge in [0.1, 0.15) is 23.7 Å². The monoisotopic (exact) mass is 488 g/mol. The van der Waals surface area contributed by atoms with Crippen molar-refractivity contribution < 1.29 is 18.7 Å². The van der Waals surface area contributed by atoms with Crippen molar-refractivity contribution in [3.63, 3.8) is 0 Å². The SMILES string of the molecule is CCN1CCOc2ccccc2CCCCC2(CCN(C(=O)c3ccc4oc(C)cc4c3)CC2)C1=O. The average Bonchev–Trinajstić information content (AvgIpc) is 3.28. The smallest absolute Gasteiger partial charge is 0.253 e. The molecule has 1 saturated heterocycles. The van der Waals surface area contributed by atoms with Gasteiger partial charge in [0, 0.05) is 30.6 Å². The predicted octanol–water partition coefficient (Wildman–Crippen LogP) is 5.62. The molecule has 0 bridgehead atoms. The summed E-state index contributed by atoms with van der Waals surface area (Å²) < 4.78 is 11.7. The molecule has 5 rings (SSSR count). The van der Waals surface area contributed by atoms with Crippen LogP contribution >= 0.6 is 0 Å². The molecule has 6 nitrogen and oxygen atoms in total. The van der Waals surface area contributed by atoms with E-state index in [2.05, 4.69) is 12.1 Å². The third kappa shape index (κ3) is 4.86. The van der Waals surface area contributed by atoms with Gasteiger partial charge in [0.2, 0.25) is 5.91 Å². The summed E-state index contributed by atoms with van der Waals surface area (Å²) in [4.78, 5) is 31.1. The maximum Gasteiger partial charge on any atom is 0.253 e. The summed E-state index contributed by atoms with van der Waals surface area (Å²) in [5.41, 5.74) is 2.31. The molecule has 3 aromatic rings. The van der Waals surface area contributed by atoms with Crippen LogP contribution in [-0.2, 0) is 11.2 Å². The van der Waals surface area contributed by atoms with Crippen LogP contribution in [0.4, 0.5) is 0 Å². The second-order valence-corrected chi connectivity index (χ2v) is 10.2. The molecule has 36 heavy (non-hydrogen) atoms. The molecule has 1 fully saturated rings. The van der Waals surface area contributed by atoms with E-state index in [0.29, 0.717) is 51.2 Å². The van der Waals surface area contributed by atoms with Gasteiger partial charge >= 0.3 is 0 Å². The molecule has 3 heterocycles. The van der Waals surface area contributed by atoms with E-state index in [1.54, 1.807) is 0 Å². The van der Waals surface area contributed by atoms with Gasteiger partial charge in [0.25, 0.3) is 5.91 Å². The van der Waals surface area contributed by atoms with Gasteiger partial charge < -0.3 is 19.0 Å². The summed E-state index contributed by atoms with van der Waals surface area (Å²) in [5.74, 6) is 2.03. The van der Waals surface area contributed by atoms with Crippen LogP contribution in [0.3, 0.4) is 0 Å². The summed E-state index contributed by atoms with van der Waals surface area (Å²) in [6.07, 6.45) is 5.25. The second-order valence-electron chi connectivity index (χ2n) is 10.2. The summed E-state index contributed by atoms with van der Waals surface area (Å²) in [6.45, 7) is 6.89. The highest BCUT2D eigenvalue weighted by molar-refractivity contribution is 5.98. The number of furan rings is 1. The van der Waals surface area contributed by atoms with Crippen LogP contribution < -0.4 is 4.74 Å². The summed E-state index contributed by atoms with van der Waals surface area (Å²) in [6, 6.07) is 15.8. The number of rotatable bonds is 2. The van der Waals surface area contributed by atoms with Gasteiger partial charge in [-0.05, 0) is 81.8 Å². The van der Waals surface area contributed by atoms with E-state index < -0.39 is 5.41 Å². The average molecular weight is 489 g/mol. The van der Waals surface area contributed by atoms with Crippen molar-refractivity contribution >= 4 is 22.8 Å². The Balaban J connectivity index is 1.30. The van der Waals surface area contributed by atoms with E-state index in [1.165, 1.54) is 5.56 Å². The Labute approximate surface area is 213 Å². The van der Waals surface area contributed by atoms with Crippen molar-refractivity contribution in [1.29, 1.82) is 0 Å². The predicted molar refractivity (Wildman–Crippen MR) is 140 cm³/mol. The number of hydrogen-bond acceptors (Lipinski definition) is 4. The molecule has 1 spiro atoms. The fourth-order valence-corrected chi connectivity index (χ4v) is 5.83. The molecule has 0 saturated carbocycles. The number of likely N-dealkylation sites (tertiary alicyclic amines) is 1. The first-order valence-corrected chi connectivity index (χ1v) is 13.3. The number of nitrogens with zero attached hydrogens (tertiary/aromatic N) is 2. The lowest BCUT2D eigenvalue weighted by atomic mass is 9.73. The van der Waals surface area contributed by atoms with E-state index in [9.17, 15) is 9.59 Å². The molecule has 2 aliphatic rings. The Morgan fingerprint density at radius 1 is 1.00 bits per heavy atom. The van der Waals surface area contributed by atoms with Gasteiger partial charge in [-0.15, -0.1) is 0 Å². The van der Waals surface area contributed by atoms with Crippen molar-refractivity contribution in [2.24, 2.45) is 5.41 Å². The molecule has 6 heteroatoms. The number of fused-ring (bicyclic) bond motifs is 2. The number of carbonyl (C=O) groups excluding carboxylic acids is 2. The number of hydrogen-bond donors (Lipinski definition) is 0. The largest absolute Gasteiger partial charge is 0.491 e. The van der Waals surface area contributed by atoms with Crippen molar-refractivity contribution in [1.82, 2.24) is 9.80 Å². The maximum absolute atomic E-state index is 13.9. The molecule has 0 aliphatic carbocycles. The zero-order chi connectivity index (χ0) is 25.1. The lowest BCUT2D eigenvalue weighted by Crippen LogP contribution is -2.52. The number of carbonyl (C=O) groups is 2. The van der Waals surface area contributed by atoms with Crippen molar-refractivity contribution in [3.05, 3.63) is 65.4 Å². The Bertz CT molecular complexity index is 1240. The Morgan fingerprint density at radius 3 is 2.61 bits per heavy atom. The molecule has 2 aromatic carbocycles. The maximum atomic E-state index is 13.9. The van der Waals surface area contributed by atoms with Crippen LogP contribution in [0.5, 0.6) is 5.75 Å². The van der Waals surface area contributed by atoms with Crippen molar-refractivity contribution in [3.8, 4) is 5.75 Å². The van der Waals surface area contributed by atoms with Crippen molar-refractivity contribution in [2.75, 3.05) is 32.8 Å². The number of likely N-dealkylation sites (N-methyl/N-ethyl adjacent to an activating group) is 1. The summed E-state index contributed by atoms with van der Waals surface area (Å²) in [5, 5.41) is 0.948. The third-order valence-electron chi connectivity index (χ3n) is 7.96. The van der Waals surface area contributed by atoms with E-state index in [1.807, 2.05) is 60.0 Å². The van der Waals surface area contributed by atoms with Crippen LogP contribution in [0.1, 0.15) is 60.7 Å². The molecule has 0 atom stereocenters. The number of piperidine rings is 1. The van der Waals surface area contributed by atoms with E-state index in [0.717, 1.165) is 48.2 Å². The number of ether oxygens (including phenoxy) is 1. The highest BCUT2D eigenvalue weighted by atomic mass is 16.5. The van der Waals surface area contributed by atoms with Gasteiger partial charge in [-0.3, -0.25) is 9.59 Å². The Hall–Kier alpha value is -3.28. The zero-order valence-electron chi connectivity index (χ0n) is 21.4. The van der Waals surface area contributed by atoms with E-state index >= 15 is 0 Å². The fourth-order valence-electron chi connectivity index (χ4n) is 5.83. The minimum Gasteiger partial charge on any atom is -0.491 e. The second kappa shape index (κ2) is 10.4. The van der Waals surface area contributed by atoms with Gasteiger partial charge in [-0.1, -0.05) is 24.6 Å². The minimum atomic E-state index is -0.406. The van der Waals surface area contributed by atoms with Gasteiger partial charge in [-0.25, -0.2) is 0 Å². The highest BCUT2D eigenvalue weighted by Gasteiger charge is 2.43. The first-order chi connectivity index (χ1) is 17.5. The number of aryl methyl sites for hydroxylation is 2. The molecule has 190 valence electrons. The number of benzene rings is 2. The van der Waals surface area contributed by atoms with E-state index in [-0.39, 0.29) is 11.8 Å². The fraction of sp³-hybridized carbons (Fsp3) is 0.467. The zero-order valence-corrected chi connectivity index (χ0v) is 21.4. The van der Waals surface area contributed by atoms with Crippen molar-refractivity contribution in [2.45, 2.75) is 52.4 Å². The van der Waals surface area contributed by atoms with Crippen LogP contribution in [0, 0.1) is 12.3 Å². The van der Waals surface area contributed by atoms with Gasteiger partial charge in [0.15, 0.2) is 0 Å².